The Hall–Kier alpha value is -2.37. The highest BCUT2D eigenvalue weighted by Crippen LogP contribution is 2.30. The van der Waals surface area contributed by atoms with Gasteiger partial charge in [0.1, 0.15) is 0 Å². The molecule has 0 fully saturated rings. The first-order valence-electron chi connectivity index (χ1n) is 6.39. The van der Waals surface area contributed by atoms with Crippen LogP contribution in [0.5, 0.6) is 5.75 Å². The number of amides is 1. The van der Waals surface area contributed by atoms with E-state index in [9.17, 15) is 14.9 Å². The lowest BCUT2D eigenvalue weighted by atomic mass is 10.1. The van der Waals surface area contributed by atoms with E-state index < -0.39 is 4.92 Å². The van der Waals surface area contributed by atoms with Crippen molar-refractivity contribution in [3.63, 3.8) is 0 Å². The van der Waals surface area contributed by atoms with Gasteiger partial charge < -0.3 is 10.1 Å². The summed E-state index contributed by atoms with van der Waals surface area (Å²) in [5.74, 6) is 0.302. The van der Waals surface area contributed by atoms with Crippen molar-refractivity contribution in [2.45, 2.75) is 19.3 Å². The third kappa shape index (κ3) is 3.34. The summed E-state index contributed by atoms with van der Waals surface area (Å²) in [6, 6.07) is 4.37. The predicted octanol–water partition coefficient (Wildman–Crippen LogP) is 2.90. The van der Waals surface area contributed by atoms with E-state index in [1.54, 1.807) is 6.07 Å². The highest BCUT2D eigenvalue weighted by molar-refractivity contribution is 5.91. The molecule has 106 valence electrons. The third-order valence-electron chi connectivity index (χ3n) is 3.22. The molecule has 0 bridgehead atoms. The second-order valence-electron chi connectivity index (χ2n) is 4.66. The average molecular weight is 276 g/mol. The lowest BCUT2D eigenvalue weighted by Gasteiger charge is -2.09. The van der Waals surface area contributed by atoms with E-state index in [4.69, 9.17) is 4.74 Å². The van der Waals surface area contributed by atoms with Gasteiger partial charge in [0.2, 0.25) is 5.91 Å². The largest absolute Gasteiger partial charge is 0.490 e. The molecule has 1 atom stereocenters. The van der Waals surface area contributed by atoms with Gasteiger partial charge in [-0.15, -0.1) is 0 Å². The SMILES string of the molecule is COc1ccc(NC(=O)C[C@H]2C=CCC2)cc1[N+](=O)[O-]. The molecule has 0 saturated heterocycles. The number of carbonyl (C=O) groups is 1. The molecule has 0 radical (unpaired) electrons. The standard InChI is InChI=1S/C14H16N2O4/c1-20-13-7-6-11(9-12(13)16(18)19)15-14(17)8-10-4-2-3-5-10/h2,4,6-7,9-10H,3,5,8H2,1H3,(H,15,17)/t10-/m0/s1. The Morgan fingerprint density at radius 1 is 1.55 bits per heavy atom. The zero-order valence-electron chi connectivity index (χ0n) is 11.2. The molecule has 1 aliphatic rings. The van der Waals surface area contributed by atoms with Crippen LogP contribution in [0.1, 0.15) is 19.3 Å². The Labute approximate surface area is 116 Å². The minimum atomic E-state index is -0.534. The molecule has 1 aliphatic carbocycles. The van der Waals surface area contributed by atoms with Gasteiger partial charge in [-0.1, -0.05) is 12.2 Å². The van der Waals surface area contributed by atoms with Crippen molar-refractivity contribution in [1.82, 2.24) is 0 Å². The Kier molecular flexibility index (Phi) is 4.34. The van der Waals surface area contributed by atoms with E-state index in [-0.39, 0.29) is 23.3 Å². The van der Waals surface area contributed by atoms with Crippen LogP contribution in [0, 0.1) is 16.0 Å². The number of carbonyl (C=O) groups excluding carboxylic acids is 1. The van der Waals surface area contributed by atoms with Crippen LogP contribution in [0.15, 0.2) is 30.4 Å². The third-order valence-corrected chi connectivity index (χ3v) is 3.22. The van der Waals surface area contributed by atoms with Crippen LogP contribution in [-0.4, -0.2) is 17.9 Å². The van der Waals surface area contributed by atoms with Gasteiger partial charge in [0.15, 0.2) is 5.75 Å². The minimum Gasteiger partial charge on any atom is -0.490 e. The van der Waals surface area contributed by atoms with E-state index >= 15 is 0 Å². The topological polar surface area (TPSA) is 81.5 Å². The van der Waals surface area contributed by atoms with Crippen LogP contribution in [0.25, 0.3) is 0 Å². The summed E-state index contributed by atoms with van der Waals surface area (Å²) in [6.07, 6.45) is 6.49. The van der Waals surface area contributed by atoms with Crippen molar-refractivity contribution in [3.8, 4) is 5.75 Å². The first-order chi connectivity index (χ1) is 9.60. The molecular formula is C14H16N2O4. The highest BCUT2D eigenvalue weighted by Gasteiger charge is 2.18. The summed E-state index contributed by atoms with van der Waals surface area (Å²) in [4.78, 5) is 22.2. The number of ether oxygens (including phenoxy) is 1. The van der Waals surface area contributed by atoms with Gasteiger partial charge in [-0.3, -0.25) is 14.9 Å². The minimum absolute atomic E-state index is 0.138. The Morgan fingerprint density at radius 2 is 2.35 bits per heavy atom. The summed E-state index contributed by atoms with van der Waals surface area (Å²) in [6.45, 7) is 0. The van der Waals surface area contributed by atoms with Gasteiger partial charge in [0.05, 0.1) is 12.0 Å². The molecule has 1 amide bonds. The lowest BCUT2D eigenvalue weighted by molar-refractivity contribution is -0.385. The number of anilines is 1. The molecule has 2 rings (SSSR count). The summed E-state index contributed by atoms with van der Waals surface area (Å²) in [7, 11) is 1.37. The van der Waals surface area contributed by atoms with Crippen LogP contribution in [0.4, 0.5) is 11.4 Å². The van der Waals surface area contributed by atoms with E-state index in [1.165, 1.54) is 19.2 Å². The van der Waals surface area contributed by atoms with E-state index in [0.717, 1.165) is 12.8 Å². The van der Waals surface area contributed by atoms with Crippen molar-refractivity contribution in [2.24, 2.45) is 5.92 Å². The molecule has 0 unspecified atom stereocenters. The lowest BCUT2D eigenvalue weighted by Crippen LogP contribution is -2.14. The van der Waals surface area contributed by atoms with Gasteiger partial charge in [-0.05, 0) is 30.9 Å². The maximum absolute atomic E-state index is 11.9. The van der Waals surface area contributed by atoms with Crippen molar-refractivity contribution < 1.29 is 14.5 Å². The Morgan fingerprint density at radius 3 is 2.95 bits per heavy atom. The van der Waals surface area contributed by atoms with Crippen LogP contribution in [0.2, 0.25) is 0 Å². The number of benzene rings is 1. The number of methoxy groups -OCH3 is 1. The number of nitrogens with one attached hydrogen (secondary N) is 1. The number of allylic oxidation sites excluding steroid dienone is 2. The second kappa shape index (κ2) is 6.18. The van der Waals surface area contributed by atoms with Gasteiger partial charge in [-0.2, -0.15) is 0 Å². The zero-order valence-corrected chi connectivity index (χ0v) is 11.2. The van der Waals surface area contributed by atoms with Gasteiger partial charge in [0, 0.05) is 18.2 Å². The van der Waals surface area contributed by atoms with Crippen LogP contribution < -0.4 is 10.1 Å². The number of nitrogens with zero attached hydrogens (tertiary/aromatic N) is 1. The van der Waals surface area contributed by atoms with Crippen molar-refractivity contribution in [1.29, 1.82) is 0 Å². The Bertz CT molecular complexity index is 554. The van der Waals surface area contributed by atoms with Gasteiger partial charge in [-0.25, -0.2) is 0 Å². The van der Waals surface area contributed by atoms with Crippen LogP contribution in [0.3, 0.4) is 0 Å². The number of hydrogen-bond acceptors (Lipinski definition) is 4. The summed E-state index contributed by atoms with van der Waals surface area (Å²) < 4.78 is 4.91. The van der Waals surface area contributed by atoms with Gasteiger partial charge >= 0.3 is 5.69 Å². The fourth-order valence-electron chi connectivity index (χ4n) is 2.23. The fraction of sp³-hybridized carbons (Fsp3) is 0.357. The summed E-state index contributed by atoms with van der Waals surface area (Å²) in [5, 5.41) is 13.6. The van der Waals surface area contributed by atoms with Crippen molar-refractivity contribution in [3.05, 3.63) is 40.5 Å². The predicted molar refractivity (Wildman–Crippen MR) is 74.8 cm³/mol. The smallest absolute Gasteiger partial charge is 0.312 e. The molecule has 0 saturated carbocycles. The Balaban J connectivity index is 2.05. The van der Waals surface area contributed by atoms with E-state index in [2.05, 4.69) is 11.4 Å². The monoisotopic (exact) mass is 276 g/mol. The van der Waals surface area contributed by atoms with Crippen molar-refractivity contribution >= 4 is 17.3 Å². The molecule has 0 spiro atoms. The average Bonchev–Trinajstić information content (AvgIpc) is 2.91. The zero-order chi connectivity index (χ0) is 14.5. The van der Waals surface area contributed by atoms with Crippen LogP contribution in [-0.2, 0) is 4.79 Å². The molecule has 20 heavy (non-hydrogen) atoms. The fourth-order valence-corrected chi connectivity index (χ4v) is 2.23. The van der Waals surface area contributed by atoms with E-state index in [0.29, 0.717) is 12.1 Å². The van der Waals surface area contributed by atoms with E-state index in [1.807, 2.05) is 6.08 Å². The molecule has 6 nitrogen and oxygen atoms in total. The van der Waals surface area contributed by atoms with Crippen molar-refractivity contribution in [2.75, 3.05) is 12.4 Å². The van der Waals surface area contributed by atoms with Crippen LogP contribution >= 0.6 is 0 Å². The number of nitro groups is 1. The highest BCUT2D eigenvalue weighted by atomic mass is 16.6. The molecule has 0 aromatic heterocycles. The molecule has 1 N–H and O–H groups in total. The summed E-state index contributed by atoms with van der Waals surface area (Å²) in [5.41, 5.74) is 0.246. The van der Waals surface area contributed by atoms with Gasteiger partial charge in [0.25, 0.3) is 0 Å². The molecule has 6 heteroatoms. The normalized spacial score (nSPS) is 16.9. The molecule has 1 aromatic carbocycles. The number of rotatable bonds is 5. The second-order valence-corrected chi connectivity index (χ2v) is 4.66. The molecule has 1 aromatic rings. The molecule has 0 heterocycles. The summed E-state index contributed by atoms with van der Waals surface area (Å²) >= 11 is 0. The maximum Gasteiger partial charge on any atom is 0.312 e. The first-order valence-corrected chi connectivity index (χ1v) is 6.39. The maximum atomic E-state index is 11.9. The quantitative estimate of drug-likeness (QED) is 0.509. The molecule has 0 aliphatic heterocycles. The first kappa shape index (κ1) is 14.0. The number of hydrogen-bond donors (Lipinski definition) is 1. The number of nitro benzene ring substituents is 1. The molecular weight excluding hydrogens is 260 g/mol.